The normalized spacial score (nSPS) is 44.5. The van der Waals surface area contributed by atoms with Gasteiger partial charge in [0, 0.05) is 18.5 Å². The van der Waals surface area contributed by atoms with E-state index in [1.165, 1.54) is 44.9 Å². The second-order valence-electron chi connectivity index (χ2n) is 7.85. The van der Waals surface area contributed by atoms with Crippen LogP contribution < -0.4 is 0 Å². The Hall–Kier alpha value is -0.410. The zero-order chi connectivity index (χ0) is 13.6. The van der Waals surface area contributed by atoms with Crippen LogP contribution in [0.5, 0.6) is 0 Å². The number of ketones is 1. The molecule has 4 saturated carbocycles. The van der Waals surface area contributed by atoms with Gasteiger partial charge in [-0.15, -0.1) is 0 Å². The average Bonchev–Trinajstić information content (AvgIpc) is 2.66. The SMILES string of the molecule is O=C(CN1CCOCC1)C12CC3CCC(CC(C3)C1)C2. The van der Waals surface area contributed by atoms with Crippen LogP contribution in [0.15, 0.2) is 0 Å². The maximum absolute atomic E-state index is 13.0. The number of nitrogens with zero attached hydrogens (tertiary/aromatic N) is 1. The number of ether oxygens (including phenoxy) is 1. The lowest BCUT2D eigenvalue weighted by Gasteiger charge is -2.48. The zero-order valence-corrected chi connectivity index (χ0v) is 12.5. The van der Waals surface area contributed by atoms with Crippen molar-refractivity contribution in [3.8, 4) is 0 Å². The molecule has 4 bridgehead atoms. The molecule has 5 rings (SSSR count). The van der Waals surface area contributed by atoms with Crippen molar-refractivity contribution in [3.05, 3.63) is 0 Å². The maximum Gasteiger partial charge on any atom is 0.152 e. The lowest BCUT2D eigenvalue weighted by Crippen LogP contribution is -2.49. The topological polar surface area (TPSA) is 29.5 Å². The highest BCUT2D eigenvalue weighted by atomic mass is 16.5. The van der Waals surface area contributed by atoms with Gasteiger partial charge in [0.05, 0.1) is 19.8 Å². The number of Topliss-reactive ketones (excluding diaryl/α,β-unsaturated/α-hetero) is 1. The molecule has 112 valence electrons. The van der Waals surface area contributed by atoms with Crippen LogP contribution in [0.1, 0.15) is 44.9 Å². The van der Waals surface area contributed by atoms with Gasteiger partial charge in [0.25, 0.3) is 0 Å². The van der Waals surface area contributed by atoms with E-state index < -0.39 is 0 Å². The fourth-order valence-electron chi connectivity index (χ4n) is 5.66. The van der Waals surface area contributed by atoms with E-state index in [0.717, 1.165) is 44.1 Å². The monoisotopic (exact) mass is 277 g/mol. The summed E-state index contributed by atoms with van der Waals surface area (Å²) < 4.78 is 5.40. The van der Waals surface area contributed by atoms with Gasteiger partial charge in [0.15, 0.2) is 5.78 Å². The minimum Gasteiger partial charge on any atom is -0.379 e. The standard InChI is InChI=1S/C17H27NO2/c19-16(12-18-3-5-20-6-4-18)17-9-13-1-2-14(10-17)8-15(7-13)11-17/h13-15H,1-12H2. The molecule has 20 heavy (non-hydrogen) atoms. The zero-order valence-electron chi connectivity index (χ0n) is 12.5. The molecule has 5 aliphatic rings. The Bertz CT molecular complexity index is 372. The van der Waals surface area contributed by atoms with Crippen molar-refractivity contribution in [2.24, 2.45) is 23.2 Å². The van der Waals surface area contributed by atoms with Gasteiger partial charge in [0.1, 0.15) is 0 Å². The molecule has 0 spiro atoms. The van der Waals surface area contributed by atoms with Gasteiger partial charge in [-0.3, -0.25) is 9.69 Å². The molecule has 0 aromatic rings. The molecule has 0 aromatic carbocycles. The summed E-state index contributed by atoms with van der Waals surface area (Å²) in [5.41, 5.74) is 0.0747. The van der Waals surface area contributed by atoms with Gasteiger partial charge < -0.3 is 4.74 Å². The second kappa shape index (κ2) is 5.10. The van der Waals surface area contributed by atoms with Crippen molar-refractivity contribution in [2.45, 2.75) is 44.9 Å². The Balaban J connectivity index is 1.49. The highest BCUT2D eigenvalue weighted by Gasteiger charge is 2.52. The molecule has 1 heterocycles. The minimum atomic E-state index is 0.0747. The number of carbonyl (C=O) groups excluding carboxylic acids is 1. The number of carbonyl (C=O) groups is 1. The fourth-order valence-corrected chi connectivity index (χ4v) is 5.66. The van der Waals surface area contributed by atoms with Crippen molar-refractivity contribution in [3.63, 3.8) is 0 Å². The summed E-state index contributed by atoms with van der Waals surface area (Å²) >= 11 is 0. The summed E-state index contributed by atoms with van der Waals surface area (Å²) in [6, 6.07) is 0. The molecule has 4 aliphatic carbocycles. The van der Waals surface area contributed by atoms with Crippen molar-refractivity contribution in [2.75, 3.05) is 32.8 Å². The third-order valence-electron chi connectivity index (χ3n) is 6.42. The molecule has 0 aromatic heterocycles. The first-order valence-electron chi connectivity index (χ1n) is 8.57. The lowest BCUT2D eigenvalue weighted by molar-refractivity contribution is -0.138. The van der Waals surface area contributed by atoms with E-state index >= 15 is 0 Å². The number of fused-ring (bicyclic) bond motifs is 1. The van der Waals surface area contributed by atoms with E-state index in [2.05, 4.69) is 4.90 Å². The van der Waals surface area contributed by atoms with Gasteiger partial charge in [-0.2, -0.15) is 0 Å². The highest BCUT2D eigenvalue weighted by Crippen LogP contribution is 2.58. The lowest BCUT2D eigenvalue weighted by atomic mass is 9.57. The molecular formula is C17H27NO2. The molecule has 1 saturated heterocycles. The summed E-state index contributed by atoms with van der Waals surface area (Å²) in [5.74, 6) is 3.15. The van der Waals surface area contributed by atoms with Crippen molar-refractivity contribution in [1.29, 1.82) is 0 Å². The molecule has 3 nitrogen and oxygen atoms in total. The van der Waals surface area contributed by atoms with E-state index in [1.54, 1.807) is 0 Å². The van der Waals surface area contributed by atoms with E-state index in [4.69, 9.17) is 4.74 Å². The maximum atomic E-state index is 13.0. The van der Waals surface area contributed by atoms with Crippen LogP contribution in [0.25, 0.3) is 0 Å². The van der Waals surface area contributed by atoms with Crippen LogP contribution in [-0.2, 0) is 9.53 Å². The predicted octanol–water partition coefficient (Wildman–Crippen LogP) is 2.49. The summed E-state index contributed by atoms with van der Waals surface area (Å²) in [6.45, 7) is 4.17. The third-order valence-corrected chi connectivity index (χ3v) is 6.42. The summed E-state index contributed by atoms with van der Waals surface area (Å²) in [4.78, 5) is 15.4. The fraction of sp³-hybridized carbons (Fsp3) is 0.941. The van der Waals surface area contributed by atoms with Crippen LogP contribution in [0.4, 0.5) is 0 Å². The third kappa shape index (κ3) is 2.33. The highest BCUT2D eigenvalue weighted by molar-refractivity contribution is 5.87. The molecule has 1 aliphatic heterocycles. The molecular weight excluding hydrogens is 250 g/mol. The minimum absolute atomic E-state index is 0.0747. The van der Waals surface area contributed by atoms with Gasteiger partial charge in [-0.25, -0.2) is 0 Å². The average molecular weight is 277 g/mol. The van der Waals surface area contributed by atoms with Gasteiger partial charge >= 0.3 is 0 Å². The summed E-state index contributed by atoms with van der Waals surface area (Å²) in [7, 11) is 0. The molecule has 3 heteroatoms. The van der Waals surface area contributed by atoms with Crippen molar-refractivity contribution < 1.29 is 9.53 Å². The second-order valence-corrected chi connectivity index (χ2v) is 7.85. The smallest absolute Gasteiger partial charge is 0.152 e. The number of morpholine rings is 1. The quantitative estimate of drug-likeness (QED) is 0.794. The Labute approximate surface area is 122 Å². The van der Waals surface area contributed by atoms with Gasteiger partial charge in [-0.05, 0) is 49.9 Å². The van der Waals surface area contributed by atoms with Crippen LogP contribution in [0.3, 0.4) is 0 Å². The van der Waals surface area contributed by atoms with Crippen molar-refractivity contribution >= 4 is 5.78 Å². The van der Waals surface area contributed by atoms with Gasteiger partial charge in [-0.1, -0.05) is 12.8 Å². The summed E-state index contributed by atoms with van der Waals surface area (Å²) in [5, 5.41) is 0. The van der Waals surface area contributed by atoms with E-state index in [0.29, 0.717) is 12.3 Å². The van der Waals surface area contributed by atoms with E-state index in [-0.39, 0.29) is 5.41 Å². The van der Waals surface area contributed by atoms with Crippen LogP contribution in [-0.4, -0.2) is 43.5 Å². The number of rotatable bonds is 3. The van der Waals surface area contributed by atoms with E-state index in [1.807, 2.05) is 0 Å². The van der Waals surface area contributed by atoms with Crippen LogP contribution in [0.2, 0.25) is 0 Å². The van der Waals surface area contributed by atoms with Crippen LogP contribution >= 0.6 is 0 Å². The summed E-state index contributed by atoms with van der Waals surface area (Å²) in [6.07, 6.45) is 9.27. The Kier molecular flexibility index (Phi) is 3.38. The molecule has 2 atom stereocenters. The first kappa shape index (κ1) is 13.3. The molecule has 2 unspecified atom stereocenters. The largest absolute Gasteiger partial charge is 0.379 e. The molecule has 0 radical (unpaired) electrons. The predicted molar refractivity (Wildman–Crippen MR) is 77.5 cm³/mol. The number of hydrogen-bond donors (Lipinski definition) is 0. The van der Waals surface area contributed by atoms with Crippen molar-refractivity contribution in [1.82, 2.24) is 4.90 Å². The first-order chi connectivity index (χ1) is 9.73. The Morgan fingerprint density at radius 1 is 1.00 bits per heavy atom. The first-order valence-corrected chi connectivity index (χ1v) is 8.57. The van der Waals surface area contributed by atoms with Crippen LogP contribution in [0, 0.1) is 23.2 Å². The Morgan fingerprint density at radius 3 is 2.25 bits per heavy atom. The van der Waals surface area contributed by atoms with E-state index in [9.17, 15) is 4.79 Å². The Morgan fingerprint density at radius 2 is 1.60 bits per heavy atom. The molecule has 5 fully saturated rings. The number of hydrogen-bond acceptors (Lipinski definition) is 3. The molecule has 0 N–H and O–H groups in total. The molecule has 0 amide bonds. The van der Waals surface area contributed by atoms with Gasteiger partial charge in [0.2, 0.25) is 0 Å².